The van der Waals surface area contributed by atoms with Crippen molar-refractivity contribution in [3.8, 4) is 0 Å². The van der Waals surface area contributed by atoms with E-state index in [0.717, 1.165) is 17.0 Å². The van der Waals surface area contributed by atoms with Gasteiger partial charge in [-0.1, -0.05) is 17.3 Å². The van der Waals surface area contributed by atoms with Crippen LogP contribution in [-0.4, -0.2) is 48.3 Å². The van der Waals surface area contributed by atoms with Gasteiger partial charge >= 0.3 is 12.2 Å². The molecule has 1 aromatic carbocycles. The van der Waals surface area contributed by atoms with Crippen molar-refractivity contribution in [3.05, 3.63) is 42.2 Å². The molecule has 158 valence electrons. The number of urea groups is 1. The summed E-state index contributed by atoms with van der Waals surface area (Å²) in [5.74, 6) is -0.415. The monoisotopic (exact) mass is 414 g/mol. The number of benzene rings is 1. The van der Waals surface area contributed by atoms with Crippen LogP contribution in [0.2, 0.25) is 0 Å². The van der Waals surface area contributed by atoms with E-state index in [4.69, 9.17) is 4.74 Å². The molecular weight excluding hydrogens is 393 g/mol. The van der Waals surface area contributed by atoms with Gasteiger partial charge in [-0.2, -0.15) is 13.2 Å². The molecule has 2 rings (SSSR count). The lowest BCUT2D eigenvalue weighted by Crippen LogP contribution is -2.41. The molecule has 0 unspecified atom stereocenters. The van der Waals surface area contributed by atoms with Crippen LogP contribution in [0.5, 0.6) is 0 Å². The number of nitrogens with zero attached hydrogens (tertiary/aromatic N) is 2. The molecule has 3 amide bonds. The molecule has 2 aromatic rings. The Morgan fingerprint density at radius 2 is 1.97 bits per heavy atom. The molecule has 1 aromatic heterocycles. The van der Waals surface area contributed by atoms with E-state index in [0.29, 0.717) is 19.6 Å². The maximum Gasteiger partial charge on any atom is 0.418 e. The van der Waals surface area contributed by atoms with Gasteiger partial charge in [-0.15, -0.1) is 0 Å². The van der Waals surface area contributed by atoms with E-state index >= 15 is 0 Å². The van der Waals surface area contributed by atoms with Crippen LogP contribution in [0, 0.1) is 0 Å². The number of carbonyl (C=O) groups is 2. The first-order valence-corrected chi connectivity index (χ1v) is 8.81. The Morgan fingerprint density at radius 1 is 1.21 bits per heavy atom. The lowest BCUT2D eigenvalue weighted by molar-refractivity contribution is -0.137. The van der Waals surface area contributed by atoms with Crippen molar-refractivity contribution in [1.82, 2.24) is 10.1 Å². The molecule has 0 radical (unpaired) electrons. The molecule has 0 saturated heterocycles. The minimum absolute atomic E-state index is 0.103. The van der Waals surface area contributed by atoms with Crippen LogP contribution in [0.4, 0.5) is 29.5 Å². The number of nitrogens with one attached hydrogen (secondary N) is 2. The van der Waals surface area contributed by atoms with Gasteiger partial charge in [-0.05, 0) is 25.5 Å². The van der Waals surface area contributed by atoms with Gasteiger partial charge in [0.1, 0.15) is 12.8 Å². The lowest BCUT2D eigenvalue weighted by Gasteiger charge is -2.23. The molecule has 0 saturated carbocycles. The minimum Gasteiger partial charge on any atom is -0.382 e. The molecule has 0 spiro atoms. The number of anilines is 2. The predicted molar refractivity (Wildman–Crippen MR) is 98.3 cm³/mol. The summed E-state index contributed by atoms with van der Waals surface area (Å²) < 4.78 is 49.3. The molecule has 0 atom stereocenters. The number of hydrogen-bond acceptors (Lipinski definition) is 5. The number of aromatic nitrogens is 1. The van der Waals surface area contributed by atoms with E-state index in [-0.39, 0.29) is 18.9 Å². The lowest BCUT2D eigenvalue weighted by atomic mass is 10.1. The molecule has 0 bridgehead atoms. The molecule has 1 heterocycles. The normalized spacial score (nSPS) is 11.2. The van der Waals surface area contributed by atoms with E-state index in [1.165, 1.54) is 24.5 Å². The average Bonchev–Trinajstić information content (AvgIpc) is 3.16. The highest BCUT2D eigenvalue weighted by atomic mass is 19.4. The van der Waals surface area contributed by atoms with Gasteiger partial charge in [-0.3, -0.25) is 4.79 Å². The first-order valence-electron chi connectivity index (χ1n) is 8.81. The maximum atomic E-state index is 13.1. The van der Waals surface area contributed by atoms with Gasteiger partial charge in [-0.25, -0.2) is 4.79 Å². The molecule has 0 aliphatic rings. The molecular formula is C18H21F3N4O4. The number of alkyl halides is 3. The van der Waals surface area contributed by atoms with E-state index < -0.39 is 29.4 Å². The van der Waals surface area contributed by atoms with E-state index in [9.17, 15) is 22.8 Å². The van der Waals surface area contributed by atoms with Crippen molar-refractivity contribution in [2.75, 3.05) is 36.9 Å². The third-order valence-corrected chi connectivity index (χ3v) is 3.72. The van der Waals surface area contributed by atoms with Crippen LogP contribution in [-0.2, 0) is 15.7 Å². The molecule has 8 nitrogen and oxygen atoms in total. The van der Waals surface area contributed by atoms with Gasteiger partial charge in [0.25, 0.3) is 0 Å². The predicted octanol–water partition coefficient (Wildman–Crippen LogP) is 3.59. The molecule has 29 heavy (non-hydrogen) atoms. The van der Waals surface area contributed by atoms with E-state index in [2.05, 4.69) is 20.3 Å². The second kappa shape index (κ2) is 10.5. The second-order valence-corrected chi connectivity index (χ2v) is 5.88. The van der Waals surface area contributed by atoms with Crippen LogP contribution >= 0.6 is 0 Å². The minimum atomic E-state index is -4.63. The van der Waals surface area contributed by atoms with Gasteiger partial charge in [0.05, 0.1) is 11.3 Å². The highest BCUT2D eigenvalue weighted by Gasteiger charge is 2.34. The number of para-hydroxylation sites is 1. The Balaban J connectivity index is 2.08. The Hall–Kier alpha value is -3.08. The fourth-order valence-corrected chi connectivity index (χ4v) is 2.42. The summed E-state index contributed by atoms with van der Waals surface area (Å²) >= 11 is 0. The van der Waals surface area contributed by atoms with Gasteiger partial charge in [0.2, 0.25) is 5.91 Å². The summed E-state index contributed by atoms with van der Waals surface area (Å²) in [5, 5.41) is 8.20. The van der Waals surface area contributed by atoms with E-state index in [1.807, 2.05) is 6.92 Å². The summed E-state index contributed by atoms with van der Waals surface area (Å²) in [4.78, 5) is 25.9. The zero-order valence-corrected chi connectivity index (χ0v) is 15.7. The van der Waals surface area contributed by atoms with Crippen LogP contribution in [0.1, 0.15) is 18.9 Å². The third kappa shape index (κ3) is 7.11. The number of carbonyl (C=O) groups excluding carboxylic acids is 2. The highest BCUT2D eigenvalue weighted by molar-refractivity contribution is 5.96. The number of halogens is 3. The zero-order valence-electron chi connectivity index (χ0n) is 15.7. The molecule has 0 aliphatic carbocycles. The molecule has 11 heteroatoms. The molecule has 2 N–H and O–H groups in total. The quantitative estimate of drug-likeness (QED) is 0.612. The number of rotatable bonds is 9. The highest BCUT2D eigenvalue weighted by Crippen LogP contribution is 2.34. The second-order valence-electron chi connectivity index (χ2n) is 5.88. The largest absolute Gasteiger partial charge is 0.418 e. The number of amides is 3. The SMILES string of the molecule is CCOCCCN(CC(=O)Nc1ccon1)C(=O)Nc1ccccc1C(F)(F)F. The summed E-state index contributed by atoms with van der Waals surface area (Å²) in [6.07, 6.45) is -2.97. The first kappa shape index (κ1) is 22.2. The van der Waals surface area contributed by atoms with Crippen molar-refractivity contribution in [2.45, 2.75) is 19.5 Å². The number of hydrogen-bond donors (Lipinski definition) is 2. The zero-order chi connectivity index (χ0) is 21.3. The fourth-order valence-electron chi connectivity index (χ4n) is 2.42. The van der Waals surface area contributed by atoms with E-state index in [1.54, 1.807) is 0 Å². The Morgan fingerprint density at radius 3 is 2.62 bits per heavy atom. The topological polar surface area (TPSA) is 96.7 Å². The summed E-state index contributed by atoms with van der Waals surface area (Å²) in [7, 11) is 0. The Bertz CT molecular complexity index is 797. The number of ether oxygens (including phenoxy) is 1. The third-order valence-electron chi connectivity index (χ3n) is 3.72. The summed E-state index contributed by atoms with van der Waals surface area (Å²) in [6.45, 7) is 2.34. The van der Waals surface area contributed by atoms with Crippen molar-refractivity contribution >= 4 is 23.4 Å². The standard InChI is InChI=1S/C18H21F3N4O4/c1-2-28-10-5-9-25(12-16(26)23-15-8-11-29-24-15)17(27)22-14-7-4-3-6-13(14)18(19,20)21/h3-4,6-8,11H,2,5,9-10,12H2,1H3,(H,22,27)(H,23,24,26). The summed E-state index contributed by atoms with van der Waals surface area (Å²) in [5.41, 5.74) is -1.37. The van der Waals surface area contributed by atoms with Crippen LogP contribution in [0.25, 0.3) is 0 Å². The molecule has 0 aliphatic heterocycles. The van der Waals surface area contributed by atoms with Crippen LogP contribution < -0.4 is 10.6 Å². The Labute approximate surface area is 165 Å². The van der Waals surface area contributed by atoms with Crippen LogP contribution in [0.3, 0.4) is 0 Å². The van der Waals surface area contributed by atoms with Crippen LogP contribution in [0.15, 0.2) is 41.1 Å². The Kier molecular flexibility index (Phi) is 8.01. The summed E-state index contributed by atoms with van der Waals surface area (Å²) in [6, 6.07) is 5.19. The molecule has 0 fully saturated rings. The van der Waals surface area contributed by atoms with Gasteiger partial charge < -0.3 is 24.8 Å². The van der Waals surface area contributed by atoms with Crippen molar-refractivity contribution < 1.29 is 32.0 Å². The van der Waals surface area contributed by atoms with Gasteiger partial charge in [0, 0.05) is 25.8 Å². The van der Waals surface area contributed by atoms with Crippen molar-refractivity contribution in [2.24, 2.45) is 0 Å². The first-order chi connectivity index (χ1) is 13.8. The average molecular weight is 414 g/mol. The van der Waals surface area contributed by atoms with Gasteiger partial charge in [0.15, 0.2) is 5.82 Å². The maximum absolute atomic E-state index is 13.1. The van der Waals surface area contributed by atoms with Crippen molar-refractivity contribution in [1.29, 1.82) is 0 Å². The smallest absolute Gasteiger partial charge is 0.382 e. The fraction of sp³-hybridized carbons (Fsp3) is 0.389. The van der Waals surface area contributed by atoms with Crippen molar-refractivity contribution in [3.63, 3.8) is 0 Å².